The molecule has 2 heterocycles. The summed E-state index contributed by atoms with van der Waals surface area (Å²) in [6, 6.07) is 0.435. The number of aliphatic hydroxyl groups excluding tert-OH is 1. The minimum Gasteiger partial charge on any atom is -0.395 e. The predicted molar refractivity (Wildman–Crippen MR) is 66.6 cm³/mol. The first-order chi connectivity index (χ1) is 7.90. The van der Waals surface area contributed by atoms with E-state index in [1.54, 1.807) is 0 Å². The summed E-state index contributed by atoms with van der Waals surface area (Å²) in [6.07, 6.45) is 7.90. The molecule has 0 saturated carbocycles. The van der Waals surface area contributed by atoms with Crippen molar-refractivity contribution in [1.82, 2.24) is 9.80 Å². The average molecular weight is 226 g/mol. The molecule has 0 radical (unpaired) electrons. The molecule has 0 aromatic carbocycles. The lowest BCUT2D eigenvalue weighted by Gasteiger charge is -2.30. The largest absolute Gasteiger partial charge is 0.395 e. The van der Waals surface area contributed by atoms with Crippen LogP contribution in [-0.4, -0.2) is 60.3 Å². The van der Waals surface area contributed by atoms with Crippen LogP contribution < -0.4 is 0 Å². The lowest BCUT2D eigenvalue weighted by molar-refractivity contribution is 0.114. The summed E-state index contributed by atoms with van der Waals surface area (Å²) in [7, 11) is 0. The van der Waals surface area contributed by atoms with Crippen molar-refractivity contribution in [2.75, 3.05) is 39.3 Å². The number of nitrogens with zero attached hydrogens (tertiary/aromatic N) is 2. The summed E-state index contributed by atoms with van der Waals surface area (Å²) >= 11 is 0. The van der Waals surface area contributed by atoms with Crippen molar-refractivity contribution >= 4 is 0 Å². The van der Waals surface area contributed by atoms with Crippen LogP contribution in [0.5, 0.6) is 0 Å². The van der Waals surface area contributed by atoms with Crippen molar-refractivity contribution in [2.45, 2.75) is 44.6 Å². The number of hydrogen-bond donors (Lipinski definition) is 1. The second kappa shape index (κ2) is 6.58. The van der Waals surface area contributed by atoms with Gasteiger partial charge in [0.05, 0.1) is 6.61 Å². The normalized spacial score (nSPS) is 29.4. The lowest BCUT2D eigenvalue weighted by atomic mass is 10.1. The van der Waals surface area contributed by atoms with E-state index in [-0.39, 0.29) is 0 Å². The van der Waals surface area contributed by atoms with E-state index in [9.17, 15) is 5.11 Å². The van der Waals surface area contributed by atoms with Crippen LogP contribution in [0.25, 0.3) is 0 Å². The van der Waals surface area contributed by atoms with E-state index >= 15 is 0 Å². The van der Waals surface area contributed by atoms with Crippen LogP contribution in [0.15, 0.2) is 0 Å². The van der Waals surface area contributed by atoms with Crippen molar-refractivity contribution in [1.29, 1.82) is 0 Å². The fraction of sp³-hybridized carbons (Fsp3) is 1.00. The minimum atomic E-state index is 0.347. The minimum absolute atomic E-state index is 0.347. The van der Waals surface area contributed by atoms with Crippen molar-refractivity contribution in [3.8, 4) is 0 Å². The van der Waals surface area contributed by atoms with Crippen LogP contribution in [-0.2, 0) is 0 Å². The van der Waals surface area contributed by atoms with Gasteiger partial charge in [-0.3, -0.25) is 4.90 Å². The summed E-state index contributed by atoms with van der Waals surface area (Å²) in [5.74, 6) is 0. The maximum Gasteiger partial charge on any atom is 0.0586 e. The van der Waals surface area contributed by atoms with Crippen LogP contribution in [0.4, 0.5) is 0 Å². The second-order valence-electron chi connectivity index (χ2n) is 5.27. The van der Waals surface area contributed by atoms with Crippen LogP contribution in [0, 0.1) is 0 Å². The van der Waals surface area contributed by atoms with Gasteiger partial charge in [-0.15, -0.1) is 0 Å². The van der Waals surface area contributed by atoms with Gasteiger partial charge in [0.25, 0.3) is 0 Å². The molecule has 3 nitrogen and oxygen atoms in total. The molecule has 0 amide bonds. The van der Waals surface area contributed by atoms with Crippen LogP contribution in [0.2, 0.25) is 0 Å². The molecule has 0 spiro atoms. The third-order valence-corrected chi connectivity index (χ3v) is 4.11. The Bertz CT molecular complexity index is 192. The van der Waals surface area contributed by atoms with Gasteiger partial charge in [0.1, 0.15) is 0 Å². The van der Waals surface area contributed by atoms with E-state index in [1.165, 1.54) is 64.7 Å². The highest BCUT2D eigenvalue weighted by Gasteiger charge is 2.21. The number of rotatable bonds is 4. The molecule has 1 N–H and O–H groups in total. The van der Waals surface area contributed by atoms with E-state index in [1.807, 2.05) is 0 Å². The van der Waals surface area contributed by atoms with Crippen molar-refractivity contribution in [3.05, 3.63) is 0 Å². The molecule has 1 atom stereocenters. The highest BCUT2D eigenvalue weighted by Crippen LogP contribution is 2.16. The predicted octanol–water partition coefficient (Wildman–Crippen LogP) is 1.32. The molecule has 16 heavy (non-hydrogen) atoms. The molecule has 2 aliphatic rings. The first-order valence-corrected chi connectivity index (χ1v) is 6.97. The van der Waals surface area contributed by atoms with E-state index in [0.29, 0.717) is 12.6 Å². The van der Waals surface area contributed by atoms with E-state index in [2.05, 4.69) is 9.80 Å². The van der Waals surface area contributed by atoms with Crippen molar-refractivity contribution in [2.24, 2.45) is 0 Å². The molecule has 0 aliphatic carbocycles. The fourth-order valence-electron chi connectivity index (χ4n) is 3.01. The molecule has 0 aromatic heterocycles. The topological polar surface area (TPSA) is 26.7 Å². The third-order valence-electron chi connectivity index (χ3n) is 4.11. The molecular weight excluding hydrogens is 200 g/mol. The number of aliphatic hydroxyl groups is 1. The Morgan fingerprint density at radius 3 is 2.38 bits per heavy atom. The Balaban J connectivity index is 1.75. The SMILES string of the molecule is OCC1CCCCCN1CCN1CCCC1. The van der Waals surface area contributed by atoms with Crippen LogP contribution in [0.1, 0.15) is 38.5 Å². The van der Waals surface area contributed by atoms with Gasteiger partial charge in [-0.05, 0) is 45.3 Å². The monoisotopic (exact) mass is 226 g/mol. The van der Waals surface area contributed by atoms with Gasteiger partial charge in [0.2, 0.25) is 0 Å². The van der Waals surface area contributed by atoms with Gasteiger partial charge < -0.3 is 10.0 Å². The van der Waals surface area contributed by atoms with E-state index in [4.69, 9.17) is 0 Å². The van der Waals surface area contributed by atoms with E-state index < -0.39 is 0 Å². The molecule has 0 aromatic rings. The average Bonchev–Trinajstić information content (AvgIpc) is 2.71. The molecule has 1 unspecified atom stereocenters. The molecule has 2 fully saturated rings. The summed E-state index contributed by atoms with van der Waals surface area (Å²) in [6.45, 7) is 6.48. The summed E-state index contributed by atoms with van der Waals surface area (Å²) < 4.78 is 0. The van der Waals surface area contributed by atoms with Gasteiger partial charge in [0, 0.05) is 19.1 Å². The lowest BCUT2D eigenvalue weighted by Crippen LogP contribution is -2.42. The van der Waals surface area contributed by atoms with E-state index in [0.717, 1.165) is 6.54 Å². The summed E-state index contributed by atoms with van der Waals surface area (Å²) in [4.78, 5) is 5.09. The zero-order valence-electron chi connectivity index (χ0n) is 10.4. The molecule has 2 aliphatic heterocycles. The summed E-state index contributed by atoms with van der Waals surface area (Å²) in [5, 5.41) is 9.42. The van der Waals surface area contributed by atoms with Crippen LogP contribution >= 0.6 is 0 Å². The zero-order valence-corrected chi connectivity index (χ0v) is 10.4. The molecule has 2 saturated heterocycles. The molecule has 94 valence electrons. The quantitative estimate of drug-likeness (QED) is 0.783. The first-order valence-electron chi connectivity index (χ1n) is 6.97. The fourth-order valence-corrected chi connectivity index (χ4v) is 3.01. The number of likely N-dealkylation sites (tertiary alicyclic amines) is 2. The van der Waals surface area contributed by atoms with Gasteiger partial charge in [-0.25, -0.2) is 0 Å². The van der Waals surface area contributed by atoms with Crippen LogP contribution in [0.3, 0.4) is 0 Å². The maximum absolute atomic E-state index is 9.42. The van der Waals surface area contributed by atoms with Crippen molar-refractivity contribution < 1.29 is 5.11 Å². The zero-order chi connectivity index (χ0) is 11.2. The summed E-state index contributed by atoms with van der Waals surface area (Å²) in [5.41, 5.74) is 0. The molecular formula is C13H26N2O. The third kappa shape index (κ3) is 3.44. The Kier molecular flexibility index (Phi) is 5.07. The van der Waals surface area contributed by atoms with Gasteiger partial charge in [-0.1, -0.05) is 12.8 Å². The first kappa shape index (κ1) is 12.3. The smallest absolute Gasteiger partial charge is 0.0586 e. The molecule has 0 bridgehead atoms. The Labute approximate surface area is 99.4 Å². The van der Waals surface area contributed by atoms with Gasteiger partial charge in [-0.2, -0.15) is 0 Å². The maximum atomic E-state index is 9.42. The van der Waals surface area contributed by atoms with Crippen molar-refractivity contribution in [3.63, 3.8) is 0 Å². The number of hydrogen-bond acceptors (Lipinski definition) is 3. The standard InChI is InChI=1S/C13H26N2O/c16-12-13-6-2-1-3-9-15(13)11-10-14-7-4-5-8-14/h13,16H,1-12H2. The highest BCUT2D eigenvalue weighted by atomic mass is 16.3. The molecule has 2 rings (SSSR count). The Morgan fingerprint density at radius 2 is 1.62 bits per heavy atom. The molecule has 3 heteroatoms. The van der Waals surface area contributed by atoms with Gasteiger partial charge in [0.15, 0.2) is 0 Å². The Hall–Kier alpha value is -0.120. The highest BCUT2D eigenvalue weighted by molar-refractivity contribution is 4.76. The Morgan fingerprint density at radius 1 is 0.875 bits per heavy atom. The second-order valence-corrected chi connectivity index (χ2v) is 5.27. The van der Waals surface area contributed by atoms with Gasteiger partial charge >= 0.3 is 0 Å².